The number of hydrogen-bond acceptors (Lipinski definition) is 10. The first-order valence-electron chi connectivity index (χ1n) is 19.9. The Morgan fingerprint density at radius 1 is 0.879 bits per heavy atom. The number of benzene rings is 4. The number of esters is 1. The summed E-state index contributed by atoms with van der Waals surface area (Å²) in [6.07, 6.45) is 0.290. The molecule has 0 aliphatic carbocycles. The Hall–Kier alpha value is -5.19. The lowest BCUT2D eigenvalue weighted by Gasteiger charge is -2.55. The molecule has 4 aromatic carbocycles. The SMILES string of the molecule is COc1c(C)c(OC)c(OC(C)=O)c2c1C[C@H]1[C@H]3[C@H](CO[Si](c4ccccc4)(c4ccccc4)C(C)(C)C)C[C@@H]([C@H](C#N)N1[C@H]2CO)N3C(=O)OCc1ccccc1. The number of methoxy groups -OCH3 is 2. The standard InChI is InChI=1S/C46H53N3O8Si/c1-29-42(53-6)35-24-37-41-32(28-56-58(46(3,4)5,33-19-13-9-14-20-33)34-21-15-10-16-22-34)23-36(49(41)45(52)55-27-31-17-11-8-12-18-31)38(25-47)48(37)39(26-50)40(35)44(43(29)54-7)57-30(2)51/h8-22,32,36-39,41,50H,23-24,26-28H2,1-7H3/t32-,36-,37-,38-,39-,41+/m0/s1. The summed E-state index contributed by atoms with van der Waals surface area (Å²) in [7, 11) is 0.0631. The maximum absolute atomic E-state index is 14.5. The number of rotatable bonds is 11. The van der Waals surface area contributed by atoms with Crippen molar-refractivity contribution < 1.29 is 38.1 Å². The van der Waals surface area contributed by atoms with Gasteiger partial charge in [-0.15, -0.1) is 0 Å². The molecule has 3 aliphatic heterocycles. The monoisotopic (exact) mass is 803 g/mol. The Balaban J connectivity index is 1.37. The maximum Gasteiger partial charge on any atom is 0.410 e. The molecular weight excluding hydrogens is 751 g/mol. The average molecular weight is 804 g/mol. The van der Waals surface area contributed by atoms with Crippen LogP contribution in [0.15, 0.2) is 91.0 Å². The number of carbonyl (C=O) groups is 2. The van der Waals surface area contributed by atoms with Crippen molar-refractivity contribution in [3.05, 3.63) is 113 Å². The fourth-order valence-corrected chi connectivity index (χ4v) is 14.8. The summed E-state index contributed by atoms with van der Waals surface area (Å²) in [5.74, 6) is 0.279. The van der Waals surface area contributed by atoms with E-state index in [-0.39, 0.29) is 23.3 Å². The van der Waals surface area contributed by atoms with Crippen molar-refractivity contribution >= 4 is 30.8 Å². The predicted octanol–water partition coefficient (Wildman–Crippen LogP) is 6.08. The van der Waals surface area contributed by atoms with E-state index >= 15 is 0 Å². The van der Waals surface area contributed by atoms with Gasteiger partial charge in [0.15, 0.2) is 11.5 Å². The molecule has 2 saturated heterocycles. The number of fused-ring (bicyclic) bond motifs is 5. The third-order valence-corrected chi connectivity index (χ3v) is 17.3. The molecule has 0 aromatic heterocycles. The van der Waals surface area contributed by atoms with Crippen LogP contribution in [0.2, 0.25) is 5.04 Å². The van der Waals surface area contributed by atoms with E-state index in [4.69, 9.17) is 23.4 Å². The van der Waals surface area contributed by atoms with Crippen LogP contribution in [0.5, 0.6) is 17.2 Å². The van der Waals surface area contributed by atoms with Gasteiger partial charge in [0.25, 0.3) is 8.32 Å². The number of carbonyl (C=O) groups excluding carboxylic acids is 2. The lowest BCUT2D eigenvalue weighted by molar-refractivity contribution is -0.132. The molecule has 4 aromatic rings. The van der Waals surface area contributed by atoms with Gasteiger partial charge in [-0.2, -0.15) is 5.26 Å². The van der Waals surface area contributed by atoms with Gasteiger partial charge in [-0.05, 0) is 40.7 Å². The van der Waals surface area contributed by atoms with Gasteiger partial charge in [0.05, 0.1) is 45.0 Å². The summed E-state index contributed by atoms with van der Waals surface area (Å²) in [6.45, 7) is 9.86. The lowest BCUT2D eigenvalue weighted by atomic mass is 9.79. The largest absolute Gasteiger partial charge is 0.496 e. The topological polar surface area (TPSA) is 131 Å². The predicted molar refractivity (Wildman–Crippen MR) is 222 cm³/mol. The quantitative estimate of drug-likeness (QED) is 0.108. The molecule has 12 heteroatoms. The number of aliphatic hydroxyl groups is 1. The molecule has 0 unspecified atom stereocenters. The number of piperazine rings is 1. The van der Waals surface area contributed by atoms with Crippen molar-refractivity contribution in [2.75, 3.05) is 27.4 Å². The maximum atomic E-state index is 14.5. The van der Waals surface area contributed by atoms with Gasteiger partial charge in [-0.3, -0.25) is 14.6 Å². The van der Waals surface area contributed by atoms with Crippen molar-refractivity contribution in [2.24, 2.45) is 5.92 Å². The highest BCUT2D eigenvalue weighted by molar-refractivity contribution is 6.99. The second-order valence-corrected chi connectivity index (χ2v) is 20.8. The molecule has 1 amide bonds. The van der Waals surface area contributed by atoms with Gasteiger partial charge in [-0.1, -0.05) is 112 Å². The molecule has 58 heavy (non-hydrogen) atoms. The fraction of sp³-hybridized carbons (Fsp3) is 0.413. The average Bonchev–Trinajstić information content (AvgIpc) is 3.53. The molecule has 3 aliphatic rings. The first kappa shape index (κ1) is 41.0. The lowest BCUT2D eigenvalue weighted by Crippen LogP contribution is -2.69. The van der Waals surface area contributed by atoms with E-state index in [0.29, 0.717) is 42.1 Å². The van der Waals surface area contributed by atoms with E-state index in [1.165, 1.54) is 14.0 Å². The molecule has 6 atom stereocenters. The first-order chi connectivity index (χ1) is 27.9. The molecule has 0 radical (unpaired) electrons. The van der Waals surface area contributed by atoms with Gasteiger partial charge in [0, 0.05) is 42.2 Å². The van der Waals surface area contributed by atoms with Crippen LogP contribution in [-0.4, -0.2) is 86.9 Å². The van der Waals surface area contributed by atoms with Crippen LogP contribution in [0.1, 0.15) is 62.4 Å². The van der Waals surface area contributed by atoms with Crippen molar-refractivity contribution in [3.63, 3.8) is 0 Å². The van der Waals surface area contributed by atoms with Gasteiger partial charge in [0.1, 0.15) is 18.4 Å². The van der Waals surface area contributed by atoms with Gasteiger partial charge >= 0.3 is 12.1 Å². The second kappa shape index (κ2) is 16.6. The van der Waals surface area contributed by atoms with E-state index < -0.39 is 57.2 Å². The zero-order chi connectivity index (χ0) is 41.4. The number of aliphatic hydroxyl groups excluding tert-OH is 1. The van der Waals surface area contributed by atoms with Crippen LogP contribution in [0.25, 0.3) is 0 Å². The highest BCUT2D eigenvalue weighted by Gasteiger charge is 2.62. The molecule has 7 rings (SSSR count). The minimum absolute atomic E-state index is 0.0745. The molecule has 3 heterocycles. The summed E-state index contributed by atoms with van der Waals surface area (Å²) in [4.78, 5) is 31.0. The summed E-state index contributed by atoms with van der Waals surface area (Å²) in [5, 5.41) is 24.5. The van der Waals surface area contributed by atoms with E-state index in [2.05, 4.69) is 75.4 Å². The summed E-state index contributed by atoms with van der Waals surface area (Å²) < 4.78 is 31.4. The van der Waals surface area contributed by atoms with Crippen molar-refractivity contribution in [3.8, 4) is 23.3 Å². The van der Waals surface area contributed by atoms with Gasteiger partial charge < -0.3 is 28.5 Å². The van der Waals surface area contributed by atoms with Crippen molar-refractivity contribution in [2.45, 2.75) is 89.3 Å². The van der Waals surface area contributed by atoms with Crippen molar-refractivity contribution in [1.82, 2.24) is 9.80 Å². The summed E-state index contributed by atoms with van der Waals surface area (Å²) in [6, 6.07) is 29.8. The summed E-state index contributed by atoms with van der Waals surface area (Å²) in [5.41, 5.74) is 2.74. The smallest absolute Gasteiger partial charge is 0.410 e. The Morgan fingerprint density at radius 3 is 1.98 bits per heavy atom. The molecule has 304 valence electrons. The molecule has 0 spiro atoms. The molecule has 2 fully saturated rings. The van der Waals surface area contributed by atoms with E-state index in [1.54, 1.807) is 12.0 Å². The molecule has 2 bridgehead atoms. The fourth-order valence-electron chi connectivity index (χ4n) is 10.1. The number of ether oxygens (including phenoxy) is 4. The third-order valence-electron chi connectivity index (χ3n) is 12.3. The second-order valence-electron chi connectivity index (χ2n) is 16.5. The molecule has 11 nitrogen and oxygen atoms in total. The Bertz CT molecular complexity index is 2120. The normalized spacial score (nSPS) is 22.6. The highest BCUT2D eigenvalue weighted by Crippen LogP contribution is 2.55. The van der Waals surface area contributed by atoms with E-state index in [9.17, 15) is 20.0 Å². The van der Waals surface area contributed by atoms with Crippen LogP contribution in [-0.2, 0) is 27.0 Å². The van der Waals surface area contributed by atoms with Crippen molar-refractivity contribution in [1.29, 1.82) is 5.26 Å². The third kappa shape index (κ3) is 6.94. The minimum atomic E-state index is -3.01. The van der Waals surface area contributed by atoms with Crippen LogP contribution in [0.4, 0.5) is 4.79 Å². The Morgan fingerprint density at radius 2 is 1.47 bits per heavy atom. The molecule has 0 saturated carbocycles. The van der Waals surface area contributed by atoms with Crippen LogP contribution >= 0.6 is 0 Å². The van der Waals surface area contributed by atoms with E-state index in [0.717, 1.165) is 21.5 Å². The van der Waals surface area contributed by atoms with Gasteiger partial charge in [-0.25, -0.2) is 4.79 Å². The summed E-state index contributed by atoms with van der Waals surface area (Å²) >= 11 is 0. The number of hydrogen-bond donors (Lipinski definition) is 1. The minimum Gasteiger partial charge on any atom is -0.496 e. The number of nitriles is 1. The zero-order valence-electron chi connectivity index (χ0n) is 34.3. The zero-order valence-corrected chi connectivity index (χ0v) is 35.3. The van der Waals surface area contributed by atoms with Crippen LogP contribution in [0, 0.1) is 24.2 Å². The Kier molecular flexibility index (Phi) is 11.7. The van der Waals surface area contributed by atoms with Crippen LogP contribution < -0.4 is 24.6 Å². The van der Waals surface area contributed by atoms with E-state index in [1.807, 2.05) is 54.3 Å². The molecule has 1 N–H and O–H groups in total. The molecular formula is C46H53N3O8Si. The highest BCUT2D eigenvalue weighted by atomic mass is 28.4. The van der Waals surface area contributed by atoms with Crippen LogP contribution in [0.3, 0.4) is 0 Å². The Labute approximate surface area is 342 Å². The first-order valence-corrected chi connectivity index (χ1v) is 21.8. The number of amides is 1. The van der Waals surface area contributed by atoms with Gasteiger partial charge in [0.2, 0.25) is 0 Å². The number of nitrogens with zero attached hydrogens (tertiary/aromatic N) is 3.